The molecule has 2 saturated heterocycles. The number of aliphatic hydroxyl groups is 2. The number of allylic oxidation sites excluding steroid dienone is 1. The van der Waals surface area contributed by atoms with E-state index in [1.54, 1.807) is 6.20 Å². The minimum absolute atomic E-state index is 0.0118. The minimum atomic E-state index is -1.20. The van der Waals surface area contributed by atoms with E-state index in [2.05, 4.69) is 4.90 Å². The molecule has 0 aromatic carbocycles. The molecule has 10 heteroatoms. The van der Waals surface area contributed by atoms with E-state index in [0.717, 1.165) is 19.5 Å². The second-order valence-corrected chi connectivity index (χ2v) is 12.3. The second-order valence-electron chi connectivity index (χ2n) is 12.3. The summed E-state index contributed by atoms with van der Waals surface area (Å²) in [6.45, 7) is 6.81. The third-order valence-electron chi connectivity index (χ3n) is 9.93. The fourth-order valence-corrected chi connectivity index (χ4v) is 7.83. The maximum atomic E-state index is 14.1. The molecule has 214 valence electrons. The average molecular weight is 545 g/mol. The Morgan fingerprint density at radius 2 is 1.97 bits per heavy atom. The van der Waals surface area contributed by atoms with Crippen LogP contribution in [-0.4, -0.2) is 103 Å². The van der Waals surface area contributed by atoms with Crippen molar-refractivity contribution < 1.29 is 38.8 Å². The molecule has 2 aliphatic heterocycles. The molecule has 0 radical (unpaired) electrons. The van der Waals surface area contributed by atoms with Crippen LogP contribution >= 0.6 is 0 Å². The molecule has 0 bridgehead atoms. The molecule has 1 unspecified atom stereocenters. The van der Waals surface area contributed by atoms with E-state index in [4.69, 9.17) is 14.2 Å². The topological polar surface area (TPSA) is 126 Å². The molecule has 7 atom stereocenters. The summed E-state index contributed by atoms with van der Waals surface area (Å²) < 4.78 is 17.3. The summed E-state index contributed by atoms with van der Waals surface area (Å²) >= 11 is 0. The first-order chi connectivity index (χ1) is 18.3. The highest BCUT2D eigenvalue weighted by Gasteiger charge is 2.64. The van der Waals surface area contributed by atoms with E-state index >= 15 is 0 Å². The molecule has 0 spiro atoms. The number of hydrogen-bond donors (Lipinski definition) is 2. The van der Waals surface area contributed by atoms with Gasteiger partial charge in [-0.15, -0.1) is 0 Å². The molecule has 5 rings (SSSR count). The maximum absolute atomic E-state index is 14.1. The zero-order valence-corrected chi connectivity index (χ0v) is 23.7. The van der Waals surface area contributed by atoms with Crippen LogP contribution in [0.15, 0.2) is 34.3 Å². The molecule has 10 nitrogen and oxygen atoms in total. The van der Waals surface area contributed by atoms with E-state index in [1.807, 2.05) is 32.8 Å². The molecule has 3 aliphatic carbocycles. The lowest BCUT2D eigenvalue weighted by Crippen LogP contribution is -2.57. The van der Waals surface area contributed by atoms with Gasteiger partial charge in [-0.25, -0.2) is 4.79 Å². The summed E-state index contributed by atoms with van der Waals surface area (Å²) in [5.41, 5.74) is -0.721. The minimum Gasteiger partial charge on any atom is -0.504 e. The van der Waals surface area contributed by atoms with Gasteiger partial charge in [-0.3, -0.25) is 9.59 Å². The van der Waals surface area contributed by atoms with Gasteiger partial charge in [-0.05, 0) is 57.7 Å². The van der Waals surface area contributed by atoms with E-state index in [0.29, 0.717) is 30.4 Å². The molecule has 0 aromatic heterocycles. The number of carbonyl (C=O) groups is 3. The lowest BCUT2D eigenvalue weighted by atomic mass is 9.53. The number of ketones is 1. The lowest BCUT2D eigenvalue weighted by Gasteiger charge is -2.54. The zero-order valence-electron chi connectivity index (χ0n) is 23.7. The second kappa shape index (κ2) is 9.74. The van der Waals surface area contributed by atoms with Gasteiger partial charge in [-0.1, -0.05) is 6.92 Å². The fraction of sp³-hybridized carbons (Fsp3) is 0.690. The highest BCUT2D eigenvalue weighted by atomic mass is 16.6. The van der Waals surface area contributed by atoms with Gasteiger partial charge in [0.15, 0.2) is 5.76 Å². The Hall–Kier alpha value is -2.69. The van der Waals surface area contributed by atoms with Crippen LogP contribution in [-0.2, 0) is 28.6 Å². The highest BCUT2D eigenvalue weighted by Crippen LogP contribution is 2.63. The smallest absolute Gasteiger partial charge is 0.340 e. The predicted molar refractivity (Wildman–Crippen MR) is 140 cm³/mol. The number of carbonyl (C=O) groups excluding carboxylic acids is 3. The number of methoxy groups -OCH3 is 1. The SMILES string of the molecule is COC[C@H]1OC(=O)/C(=C/N(C)C2CCN(C)C2)C2=C(O)C(=O)C3=C([C@H](OC(C)=O)C[C@]4(C)[C@@H](O)CC[C@@H]34)[C@]21C. The van der Waals surface area contributed by atoms with Crippen molar-refractivity contribution >= 4 is 17.7 Å². The number of fused-ring (bicyclic) bond motifs is 4. The average Bonchev–Trinajstić information content (AvgIpc) is 3.42. The molecule has 0 amide bonds. The van der Waals surface area contributed by atoms with E-state index in [9.17, 15) is 24.6 Å². The number of likely N-dealkylation sites (tertiary alicyclic amines) is 1. The molecule has 39 heavy (non-hydrogen) atoms. The van der Waals surface area contributed by atoms with Gasteiger partial charge in [0.1, 0.15) is 12.2 Å². The largest absolute Gasteiger partial charge is 0.504 e. The molecular formula is C29H40N2O8. The van der Waals surface area contributed by atoms with Crippen LogP contribution in [0.3, 0.4) is 0 Å². The van der Waals surface area contributed by atoms with Crippen molar-refractivity contribution in [2.24, 2.45) is 16.7 Å². The fourth-order valence-electron chi connectivity index (χ4n) is 7.83. The Morgan fingerprint density at radius 1 is 1.26 bits per heavy atom. The van der Waals surface area contributed by atoms with E-state index in [-0.39, 0.29) is 29.7 Å². The molecule has 5 aliphatic rings. The van der Waals surface area contributed by atoms with Crippen molar-refractivity contribution in [2.45, 2.75) is 70.8 Å². The van der Waals surface area contributed by atoms with Crippen LogP contribution in [0.25, 0.3) is 0 Å². The Bertz CT molecular complexity index is 1190. The standard InChI is InChI=1S/C29H40N2O8/c1-15(32)38-19-11-28(2)18(7-8-20(28)33)22-24(19)29(3)21(14-37-6)39-27(36)17(23(29)26(35)25(22)34)13-31(5)16-9-10-30(4)12-16/h13,16,18-21,33,35H,7-12,14H2,1-6H3/b17-13+/t16?,18-,19+,20-,21+,28-,29-/m0/s1. The summed E-state index contributed by atoms with van der Waals surface area (Å²) in [4.78, 5) is 44.0. The number of aliphatic hydroxyl groups excluding tert-OH is 2. The summed E-state index contributed by atoms with van der Waals surface area (Å²) in [7, 11) is 5.41. The van der Waals surface area contributed by atoms with Gasteiger partial charge < -0.3 is 34.2 Å². The Kier molecular flexibility index (Phi) is 6.96. The van der Waals surface area contributed by atoms with E-state index in [1.165, 1.54) is 14.0 Å². The normalized spacial score (nSPS) is 39.5. The first kappa shape index (κ1) is 27.9. The lowest BCUT2D eigenvalue weighted by molar-refractivity contribution is -0.161. The van der Waals surface area contributed by atoms with Crippen LogP contribution < -0.4 is 0 Å². The number of Topliss-reactive ketones (excluding diaryl/α,β-unsaturated/α-hetero) is 1. The first-order valence-electron chi connectivity index (χ1n) is 13.7. The summed E-state index contributed by atoms with van der Waals surface area (Å²) in [6, 6.07) is 0.152. The zero-order chi connectivity index (χ0) is 28.4. The van der Waals surface area contributed by atoms with Crippen molar-refractivity contribution in [3.05, 3.63) is 34.3 Å². The number of cyclic esters (lactones) is 1. The third-order valence-corrected chi connectivity index (χ3v) is 9.93. The van der Waals surface area contributed by atoms with Crippen molar-refractivity contribution in [1.29, 1.82) is 0 Å². The number of esters is 2. The van der Waals surface area contributed by atoms with Gasteiger partial charge in [0.25, 0.3) is 0 Å². The van der Waals surface area contributed by atoms with Gasteiger partial charge in [0.05, 0.1) is 23.7 Å². The highest BCUT2D eigenvalue weighted by molar-refractivity contribution is 6.13. The Balaban J connectivity index is 1.72. The summed E-state index contributed by atoms with van der Waals surface area (Å²) in [5.74, 6) is -2.59. The number of hydrogen-bond acceptors (Lipinski definition) is 10. The van der Waals surface area contributed by atoms with Crippen molar-refractivity contribution in [1.82, 2.24) is 9.80 Å². The van der Waals surface area contributed by atoms with Gasteiger partial charge in [0, 0.05) is 56.4 Å². The number of nitrogens with zero attached hydrogens (tertiary/aromatic N) is 2. The molecule has 3 fully saturated rings. The van der Waals surface area contributed by atoms with Crippen molar-refractivity contribution in [2.75, 3.05) is 40.9 Å². The third kappa shape index (κ3) is 4.14. The predicted octanol–water partition coefficient (Wildman–Crippen LogP) is 1.89. The molecule has 2 N–H and O–H groups in total. The Labute approximate surface area is 229 Å². The molecular weight excluding hydrogens is 504 g/mol. The number of ether oxygens (including phenoxy) is 3. The maximum Gasteiger partial charge on any atom is 0.340 e. The molecule has 1 saturated carbocycles. The van der Waals surface area contributed by atoms with Crippen molar-refractivity contribution in [3.8, 4) is 0 Å². The van der Waals surface area contributed by atoms with E-state index < -0.39 is 52.6 Å². The van der Waals surface area contributed by atoms with Crippen LogP contribution in [0, 0.1) is 16.7 Å². The van der Waals surface area contributed by atoms with Crippen molar-refractivity contribution in [3.63, 3.8) is 0 Å². The summed E-state index contributed by atoms with van der Waals surface area (Å²) in [5, 5.41) is 22.6. The van der Waals surface area contributed by atoms with Crippen LogP contribution in [0.5, 0.6) is 0 Å². The first-order valence-corrected chi connectivity index (χ1v) is 13.7. The Morgan fingerprint density at radius 3 is 2.59 bits per heavy atom. The monoisotopic (exact) mass is 544 g/mol. The summed E-state index contributed by atoms with van der Waals surface area (Å²) in [6.07, 6.45) is 1.54. The number of rotatable bonds is 5. The molecule has 0 aromatic rings. The van der Waals surface area contributed by atoms with Crippen LogP contribution in [0.2, 0.25) is 0 Å². The number of likely N-dealkylation sites (N-methyl/N-ethyl adjacent to an activating group) is 2. The van der Waals surface area contributed by atoms with Gasteiger partial charge >= 0.3 is 11.9 Å². The molecule has 2 heterocycles. The quantitative estimate of drug-likeness (QED) is 0.391. The van der Waals surface area contributed by atoms with Gasteiger partial charge in [0.2, 0.25) is 5.78 Å². The van der Waals surface area contributed by atoms with Gasteiger partial charge in [-0.2, -0.15) is 0 Å². The van der Waals surface area contributed by atoms with Crippen LogP contribution in [0.4, 0.5) is 0 Å². The van der Waals surface area contributed by atoms with Crippen LogP contribution in [0.1, 0.15) is 46.5 Å².